The average Bonchev–Trinajstić information content (AvgIpc) is 2.47. The zero-order valence-corrected chi connectivity index (χ0v) is 11.9. The summed E-state index contributed by atoms with van der Waals surface area (Å²) in [5.74, 6) is 0. The fourth-order valence-electron chi connectivity index (χ4n) is 1.93. The summed E-state index contributed by atoms with van der Waals surface area (Å²) in [6, 6.07) is 8.12. The molecule has 16 heavy (non-hydrogen) atoms. The molecule has 0 aliphatic heterocycles. The first-order valence-electron chi connectivity index (χ1n) is 5.12. The Bertz CT molecular complexity index is 543. The van der Waals surface area contributed by atoms with E-state index in [1.807, 2.05) is 19.1 Å². The lowest BCUT2D eigenvalue weighted by Crippen LogP contribution is -2.01. The second-order valence-corrected chi connectivity index (χ2v) is 5.20. The molecule has 0 aliphatic rings. The van der Waals surface area contributed by atoms with Gasteiger partial charge in [-0.3, -0.25) is 0 Å². The molecule has 1 aromatic heterocycles. The van der Waals surface area contributed by atoms with Gasteiger partial charge >= 0.3 is 0 Å². The van der Waals surface area contributed by atoms with Crippen LogP contribution in [0.2, 0.25) is 5.02 Å². The van der Waals surface area contributed by atoms with Gasteiger partial charge in [-0.05, 0) is 60.5 Å². The van der Waals surface area contributed by atoms with Crippen LogP contribution in [0.5, 0.6) is 0 Å². The zero-order chi connectivity index (χ0) is 11.9. The van der Waals surface area contributed by atoms with Crippen LogP contribution in [0.15, 0.2) is 28.7 Å². The summed E-state index contributed by atoms with van der Waals surface area (Å²) < 4.78 is 3.34. The van der Waals surface area contributed by atoms with Gasteiger partial charge in [0.15, 0.2) is 0 Å². The molecular formula is C13H13BrClN. The van der Waals surface area contributed by atoms with Crippen molar-refractivity contribution in [2.75, 3.05) is 0 Å². The summed E-state index contributed by atoms with van der Waals surface area (Å²) in [5, 5.41) is 0.807. The van der Waals surface area contributed by atoms with Crippen molar-refractivity contribution >= 4 is 27.5 Å². The average molecular weight is 299 g/mol. The van der Waals surface area contributed by atoms with Crippen molar-refractivity contribution < 1.29 is 0 Å². The lowest BCUT2D eigenvalue weighted by molar-refractivity contribution is 0.953. The number of aryl methyl sites for hydroxylation is 1. The number of hydrogen-bond acceptors (Lipinski definition) is 0. The first-order valence-corrected chi connectivity index (χ1v) is 6.29. The molecule has 0 saturated heterocycles. The normalized spacial score (nSPS) is 10.8. The number of rotatable bonds is 1. The van der Waals surface area contributed by atoms with E-state index in [9.17, 15) is 0 Å². The van der Waals surface area contributed by atoms with E-state index in [1.165, 1.54) is 11.4 Å². The van der Waals surface area contributed by atoms with Gasteiger partial charge in [0.1, 0.15) is 0 Å². The fourth-order valence-corrected chi connectivity index (χ4v) is 2.61. The summed E-state index contributed by atoms with van der Waals surface area (Å²) >= 11 is 9.70. The first-order chi connectivity index (χ1) is 7.52. The Labute approximate surface area is 109 Å². The second-order valence-electron chi connectivity index (χ2n) is 3.94. The molecule has 2 aromatic rings. The summed E-state index contributed by atoms with van der Waals surface area (Å²) in [7, 11) is 0. The topological polar surface area (TPSA) is 4.93 Å². The molecule has 1 heterocycles. The van der Waals surface area contributed by atoms with Gasteiger partial charge in [-0.1, -0.05) is 17.7 Å². The lowest BCUT2D eigenvalue weighted by Gasteiger charge is -2.13. The van der Waals surface area contributed by atoms with Crippen LogP contribution in [0.25, 0.3) is 5.69 Å². The summed E-state index contributed by atoms with van der Waals surface area (Å²) in [6.45, 7) is 6.24. The van der Waals surface area contributed by atoms with Crippen molar-refractivity contribution in [1.82, 2.24) is 4.57 Å². The molecule has 0 radical (unpaired) electrons. The Morgan fingerprint density at radius 3 is 2.44 bits per heavy atom. The van der Waals surface area contributed by atoms with E-state index in [-0.39, 0.29) is 0 Å². The van der Waals surface area contributed by atoms with Crippen LogP contribution in [-0.4, -0.2) is 4.57 Å². The van der Waals surface area contributed by atoms with Gasteiger partial charge in [-0.15, -0.1) is 0 Å². The van der Waals surface area contributed by atoms with E-state index in [2.05, 4.69) is 46.5 Å². The molecule has 0 saturated carbocycles. The van der Waals surface area contributed by atoms with Crippen molar-refractivity contribution in [3.05, 3.63) is 50.7 Å². The van der Waals surface area contributed by atoms with Gasteiger partial charge in [-0.2, -0.15) is 0 Å². The molecule has 0 fully saturated rings. The number of nitrogens with zero attached hydrogens (tertiary/aromatic N) is 1. The van der Waals surface area contributed by atoms with Crippen molar-refractivity contribution in [1.29, 1.82) is 0 Å². The van der Waals surface area contributed by atoms with Crippen LogP contribution in [0.4, 0.5) is 0 Å². The van der Waals surface area contributed by atoms with Gasteiger partial charge in [0.2, 0.25) is 0 Å². The lowest BCUT2D eigenvalue weighted by atomic mass is 10.2. The Balaban J connectivity index is 2.72. The highest BCUT2D eigenvalue weighted by atomic mass is 79.9. The largest absolute Gasteiger partial charge is 0.317 e. The van der Waals surface area contributed by atoms with Crippen LogP contribution in [0, 0.1) is 20.8 Å². The van der Waals surface area contributed by atoms with Gasteiger partial charge in [0.25, 0.3) is 0 Å². The Morgan fingerprint density at radius 1 is 1.19 bits per heavy atom. The number of halogens is 2. The highest BCUT2D eigenvalue weighted by Gasteiger charge is 2.11. The summed E-state index contributed by atoms with van der Waals surface area (Å²) in [6.07, 6.45) is 0. The van der Waals surface area contributed by atoms with Crippen molar-refractivity contribution in [3.63, 3.8) is 0 Å². The number of hydrogen-bond donors (Lipinski definition) is 0. The maximum atomic E-state index is 6.15. The zero-order valence-electron chi connectivity index (χ0n) is 9.51. The molecule has 0 N–H and O–H groups in total. The summed E-state index contributed by atoms with van der Waals surface area (Å²) in [4.78, 5) is 0. The maximum absolute atomic E-state index is 6.15. The van der Waals surface area contributed by atoms with Crippen molar-refractivity contribution in [2.45, 2.75) is 20.8 Å². The SMILES string of the molecule is Cc1c(Cl)cccc1-n1c(C)cc(Br)c1C. The third-order valence-electron chi connectivity index (χ3n) is 2.85. The van der Waals surface area contributed by atoms with Crippen LogP contribution in [0.3, 0.4) is 0 Å². The monoisotopic (exact) mass is 297 g/mol. The van der Waals surface area contributed by atoms with Gasteiger partial charge in [0, 0.05) is 26.6 Å². The molecule has 0 amide bonds. The molecule has 0 spiro atoms. The molecule has 84 valence electrons. The van der Waals surface area contributed by atoms with E-state index in [0.717, 1.165) is 20.7 Å². The first kappa shape index (κ1) is 11.7. The molecule has 0 atom stereocenters. The fraction of sp³-hybridized carbons (Fsp3) is 0.231. The van der Waals surface area contributed by atoms with Crippen molar-refractivity contribution in [3.8, 4) is 5.69 Å². The van der Waals surface area contributed by atoms with Gasteiger partial charge in [0.05, 0.1) is 0 Å². The molecular weight excluding hydrogens is 286 g/mol. The van der Waals surface area contributed by atoms with E-state index >= 15 is 0 Å². The van der Waals surface area contributed by atoms with Crippen LogP contribution in [-0.2, 0) is 0 Å². The standard InChI is InChI=1S/C13H13BrClN/c1-8-7-11(14)10(3)16(8)13-6-4-5-12(15)9(13)2/h4-7H,1-3H3. The maximum Gasteiger partial charge on any atom is 0.0499 e. The highest BCUT2D eigenvalue weighted by molar-refractivity contribution is 9.10. The molecule has 3 heteroatoms. The smallest absolute Gasteiger partial charge is 0.0499 e. The minimum Gasteiger partial charge on any atom is -0.317 e. The van der Waals surface area contributed by atoms with E-state index in [1.54, 1.807) is 0 Å². The van der Waals surface area contributed by atoms with E-state index < -0.39 is 0 Å². The molecule has 0 bridgehead atoms. The van der Waals surface area contributed by atoms with Crippen LogP contribution >= 0.6 is 27.5 Å². The van der Waals surface area contributed by atoms with Gasteiger partial charge in [-0.25, -0.2) is 0 Å². The minimum absolute atomic E-state index is 0.807. The summed E-state index contributed by atoms with van der Waals surface area (Å²) in [5.41, 5.74) is 4.66. The second kappa shape index (κ2) is 4.27. The highest BCUT2D eigenvalue weighted by Crippen LogP contribution is 2.29. The molecule has 1 aromatic carbocycles. The third-order valence-corrected chi connectivity index (χ3v) is 4.06. The van der Waals surface area contributed by atoms with Crippen molar-refractivity contribution in [2.24, 2.45) is 0 Å². The Kier molecular flexibility index (Phi) is 3.13. The molecule has 2 rings (SSSR count). The third kappa shape index (κ3) is 1.80. The Morgan fingerprint density at radius 2 is 1.88 bits per heavy atom. The van der Waals surface area contributed by atoms with Crippen LogP contribution < -0.4 is 0 Å². The number of aromatic nitrogens is 1. The van der Waals surface area contributed by atoms with Gasteiger partial charge < -0.3 is 4.57 Å². The van der Waals surface area contributed by atoms with Crippen LogP contribution in [0.1, 0.15) is 17.0 Å². The molecule has 0 unspecified atom stereocenters. The van der Waals surface area contributed by atoms with E-state index in [0.29, 0.717) is 0 Å². The quantitative estimate of drug-likeness (QED) is 0.711. The molecule has 1 nitrogen and oxygen atoms in total. The predicted octanol–water partition coefficient (Wildman–Crippen LogP) is 4.82. The number of benzene rings is 1. The Hall–Kier alpha value is -0.730. The molecule has 0 aliphatic carbocycles. The predicted molar refractivity (Wildman–Crippen MR) is 72.7 cm³/mol. The van der Waals surface area contributed by atoms with E-state index in [4.69, 9.17) is 11.6 Å². The minimum atomic E-state index is 0.807.